The highest BCUT2D eigenvalue weighted by Gasteiger charge is 1.99. The van der Waals surface area contributed by atoms with Crippen molar-refractivity contribution in [2.24, 2.45) is 0 Å². The van der Waals surface area contributed by atoms with E-state index in [-0.39, 0.29) is 0 Å². The third kappa shape index (κ3) is 3.49. The van der Waals surface area contributed by atoms with E-state index in [9.17, 15) is 0 Å². The summed E-state index contributed by atoms with van der Waals surface area (Å²) in [4.78, 5) is 4.04. The molecule has 1 aromatic heterocycles. The second kappa shape index (κ2) is 8.12. The summed E-state index contributed by atoms with van der Waals surface area (Å²) in [6.07, 6.45) is 3.51. The first-order valence-corrected chi connectivity index (χ1v) is 6.15. The second-order valence-electron chi connectivity index (χ2n) is 2.79. The SMILES string of the molecule is CC.CC.Cc1cccc2c(Cl)cncc12. The van der Waals surface area contributed by atoms with Crippen LogP contribution in [0.25, 0.3) is 10.8 Å². The molecule has 0 saturated carbocycles. The Hall–Kier alpha value is -1.08. The van der Waals surface area contributed by atoms with Crippen LogP contribution in [0.5, 0.6) is 0 Å². The second-order valence-corrected chi connectivity index (χ2v) is 3.20. The minimum atomic E-state index is 0.719. The summed E-state index contributed by atoms with van der Waals surface area (Å²) in [6.45, 7) is 10.1. The van der Waals surface area contributed by atoms with E-state index in [4.69, 9.17) is 11.6 Å². The lowest BCUT2D eigenvalue weighted by Crippen LogP contribution is -1.80. The lowest BCUT2D eigenvalue weighted by molar-refractivity contribution is 1.35. The summed E-state index contributed by atoms with van der Waals surface area (Å²) in [5.41, 5.74) is 1.21. The van der Waals surface area contributed by atoms with Crippen LogP contribution in [-0.2, 0) is 0 Å². The van der Waals surface area contributed by atoms with Crippen molar-refractivity contribution >= 4 is 22.4 Å². The van der Waals surface area contributed by atoms with E-state index in [1.165, 1.54) is 5.56 Å². The summed E-state index contributed by atoms with van der Waals surface area (Å²) in [6, 6.07) is 6.07. The fourth-order valence-electron chi connectivity index (χ4n) is 1.31. The average molecular weight is 238 g/mol. The highest BCUT2D eigenvalue weighted by Crippen LogP contribution is 2.23. The van der Waals surface area contributed by atoms with E-state index in [0.717, 1.165) is 15.8 Å². The Bertz CT molecular complexity index is 383. The van der Waals surface area contributed by atoms with Gasteiger partial charge in [0.05, 0.1) is 5.02 Å². The zero-order valence-corrected chi connectivity index (χ0v) is 11.5. The summed E-state index contributed by atoms with van der Waals surface area (Å²) < 4.78 is 0. The average Bonchev–Trinajstić information content (AvgIpc) is 2.36. The van der Waals surface area contributed by atoms with Gasteiger partial charge < -0.3 is 0 Å². The molecule has 2 aromatic rings. The van der Waals surface area contributed by atoms with Crippen molar-refractivity contribution in [2.75, 3.05) is 0 Å². The fourth-order valence-corrected chi connectivity index (χ4v) is 1.53. The summed E-state index contributed by atoms with van der Waals surface area (Å²) in [7, 11) is 0. The largest absolute Gasteiger partial charge is 0.262 e. The minimum Gasteiger partial charge on any atom is -0.262 e. The van der Waals surface area contributed by atoms with Gasteiger partial charge >= 0.3 is 0 Å². The van der Waals surface area contributed by atoms with Crippen LogP contribution in [0.2, 0.25) is 5.02 Å². The topological polar surface area (TPSA) is 12.9 Å². The molecule has 0 saturated heterocycles. The lowest BCUT2D eigenvalue weighted by atomic mass is 10.1. The molecule has 2 rings (SSSR count). The number of aryl methyl sites for hydroxylation is 1. The van der Waals surface area contributed by atoms with Gasteiger partial charge in [0.1, 0.15) is 0 Å². The Kier molecular flexibility index (Phi) is 7.57. The molecule has 0 aliphatic carbocycles. The number of pyridine rings is 1. The van der Waals surface area contributed by atoms with Crippen molar-refractivity contribution in [2.45, 2.75) is 34.6 Å². The smallest absolute Gasteiger partial charge is 0.0667 e. The number of aromatic nitrogens is 1. The van der Waals surface area contributed by atoms with Gasteiger partial charge in [0.2, 0.25) is 0 Å². The molecule has 88 valence electrons. The van der Waals surface area contributed by atoms with Crippen molar-refractivity contribution in [3.63, 3.8) is 0 Å². The predicted molar refractivity (Wildman–Crippen MR) is 74.2 cm³/mol. The summed E-state index contributed by atoms with van der Waals surface area (Å²) in [5, 5.41) is 2.92. The lowest BCUT2D eigenvalue weighted by Gasteiger charge is -2.01. The van der Waals surface area contributed by atoms with Crippen molar-refractivity contribution in [3.8, 4) is 0 Å². The Labute approximate surface area is 103 Å². The zero-order chi connectivity index (χ0) is 12.6. The van der Waals surface area contributed by atoms with Crippen LogP contribution >= 0.6 is 11.6 Å². The molecule has 0 amide bonds. The van der Waals surface area contributed by atoms with Gasteiger partial charge in [0, 0.05) is 23.2 Å². The molecule has 16 heavy (non-hydrogen) atoms. The van der Waals surface area contributed by atoms with Crippen LogP contribution in [0.1, 0.15) is 33.3 Å². The van der Waals surface area contributed by atoms with Gasteiger partial charge in [-0.1, -0.05) is 57.5 Å². The summed E-state index contributed by atoms with van der Waals surface area (Å²) in [5.74, 6) is 0. The van der Waals surface area contributed by atoms with Crippen LogP contribution < -0.4 is 0 Å². The monoisotopic (exact) mass is 237 g/mol. The van der Waals surface area contributed by atoms with Gasteiger partial charge in [-0.2, -0.15) is 0 Å². The van der Waals surface area contributed by atoms with Gasteiger partial charge in [-0.3, -0.25) is 4.98 Å². The normalized spacial score (nSPS) is 8.62. The molecule has 0 unspecified atom stereocenters. The Morgan fingerprint density at radius 1 is 0.938 bits per heavy atom. The standard InChI is InChI=1S/C10H8ClN.2C2H6/c1-7-3-2-4-8-9(7)5-12-6-10(8)11;2*1-2/h2-6H,1H3;2*1-2H3. The highest BCUT2D eigenvalue weighted by molar-refractivity contribution is 6.35. The van der Waals surface area contributed by atoms with Crippen LogP contribution in [0.15, 0.2) is 30.6 Å². The third-order valence-electron chi connectivity index (χ3n) is 1.97. The molecule has 1 nitrogen and oxygen atoms in total. The third-order valence-corrected chi connectivity index (χ3v) is 2.27. The predicted octanol–water partition coefficient (Wildman–Crippen LogP) is 5.25. The van der Waals surface area contributed by atoms with E-state index in [1.54, 1.807) is 6.20 Å². The minimum absolute atomic E-state index is 0.719. The van der Waals surface area contributed by atoms with E-state index in [2.05, 4.69) is 18.0 Å². The number of benzene rings is 1. The summed E-state index contributed by atoms with van der Waals surface area (Å²) >= 11 is 5.97. The molecule has 0 bridgehead atoms. The van der Waals surface area contributed by atoms with Crippen LogP contribution in [-0.4, -0.2) is 4.98 Å². The van der Waals surface area contributed by atoms with Crippen molar-refractivity contribution in [3.05, 3.63) is 41.2 Å². The number of rotatable bonds is 0. The number of nitrogens with zero attached hydrogens (tertiary/aromatic N) is 1. The van der Waals surface area contributed by atoms with Crippen LogP contribution in [0.4, 0.5) is 0 Å². The van der Waals surface area contributed by atoms with Gasteiger partial charge in [0.15, 0.2) is 0 Å². The molecule has 0 aliphatic rings. The molecule has 0 spiro atoms. The van der Waals surface area contributed by atoms with E-state index in [0.29, 0.717) is 0 Å². The number of hydrogen-bond donors (Lipinski definition) is 0. The van der Waals surface area contributed by atoms with Gasteiger partial charge in [-0.25, -0.2) is 0 Å². The Morgan fingerprint density at radius 3 is 2.12 bits per heavy atom. The Morgan fingerprint density at radius 2 is 1.56 bits per heavy atom. The maximum Gasteiger partial charge on any atom is 0.0667 e. The molecule has 0 N–H and O–H groups in total. The van der Waals surface area contributed by atoms with Crippen molar-refractivity contribution in [1.82, 2.24) is 4.98 Å². The maximum atomic E-state index is 5.97. The zero-order valence-electron chi connectivity index (χ0n) is 10.7. The first kappa shape index (κ1) is 14.9. The molecule has 0 aliphatic heterocycles. The molecule has 0 radical (unpaired) electrons. The van der Waals surface area contributed by atoms with Crippen molar-refractivity contribution in [1.29, 1.82) is 0 Å². The molecular formula is C14H20ClN. The number of hydrogen-bond acceptors (Lipinski definition) is 1. The van der Waals surface area contributed by atoms with Crippen molar-refractivity contribution < 1.29 is 0 Å². The molecule has 0 fully saturated rings. The van der Waals surface area contributed by atoms with Crippen LogP contribution in [0.3, 0.4) is 0 Å². The van der Waals surface area contributed by atoms with E-state index >= 15 is 0 Å². The molecular weight excluding hydrogens is 218 g/mol. The van der Waals surface area contributed by atoms with E-state index in [1.807, 2.05) is 46.0 Å². The van der Waals surface area contributed by atoms with E-state index < -0.39 is 0 Å². The fraction of sp³-hybridized carbons (Fsp3) is 0.357. The maximum absolute atomic E-state index is 5.97. The Balaban J connectivity index is 0.000000509. The van der Waals surface area contributed by atoms with Gasteiger partial charge in [-0.05, 0) is 12.5 Å². The van der Waals surface area contributed by atoms with Gasteiger partial charge in [-0.15, -0.1) is 0 Å². The molecule has 0 atom stereocenters. The highest BCUT2D eigenvalue weighted by atomic mass is 35.5. The number of halogens is 1. The first-order chi connectivity index (χ1) is 7.79. The quantitative estimate of drug-likeness (QED) is 0.610. The molecule has 1 aromatic carbocycles. The molecule has 2 heteroatoms. The van der Waals surface area contributed by atoms with Crippen LogP contribution in [0, 0.1) is 6.92 Å². The number of fused-ring (bicyclic) bond motifs is 1. The van der Waals surface area contributed by atoms with Gasteiger partial charge in [0.25, 0.3) is 0 Å². The first-order valence-electron chi connectivity index (χ1n) is 5.78. The molecule has 1 heterocycles.